The van der Waals surface area contributed by atoms with Crippen molar-refractivity contribution in [3.05, 3.63) is 65.5 Å². The fourth-order valence-electron chi connectivity index (χ4n) is 5.09. The Hall–Kier alpha value is -4.25. The number of nitrogens with zero attached hydrogens (tertiary/aromatic N) is 3. The maximum Gasteiger partial charge on any atom is 0.258 e. The first-order valence-corrected chi connectivity index (χ1v) is 13.3. The van der Waals surface area contributed by atoms with Crippen LogP contribution in [0.3, 0.4) is 0 Å². The largest absolute Gasteiger partial charge is 0.496 e. The molecule has 212 valence electrons. The number of aryl methyl sites for hydroxylation is 2. The molecule has 0 unspecified atom stereocenters. The second kappa shape index (κ2) is 12.3. The number of carbonyl (C=O) groups excluding carboxylic acids is 2. The number of ether oxygens (including phenoxy) is 4. The minimum absolute atomic E-state index is 0.0738. The van der Waals surface area contributed by atoms with Crippen LogP contribution in [0.1, 0.15) is 23.1 Å². The molecule has 1 fully saturated rings. The van der Waals surface area contributed by atoms with Gasteiger partial charge in [0.15, 0.2) is 18.1 Å². The zero-order chi connectivity index (χ0) is 28.1. The van der Waals surface area contributed by atoms with E-state index < -0.39 is 0 Å². The molecule has 1 saturated heterocycles. The van der Waals surface area contributed by atoms with Crippen molar-refractivity contribution in [1.82, 2.24) is 25.3 Å². The van der Waals surface area contributed by atoms with Crippen LogP contribution < -0.4 is 29.6 Å². The molecule has 2 amide bonds. The van der Waals surface area contributed by atoms with Crippen molar-refractivity contribution in [2.45, 2.75) is 38.1 Å². The van der Waals surface area contributed by atoms with Crippen molar-refractivity contribution in [3.63, 3.8) is 0 Å². The van der Waals surface area contributed by atoms with Gasteiger partial charge in [0, 0.05) is 63.0 Å². The fourth-order valence-corrected chi connectivity index (χ4v) is 5.09. The van der Waals surface area contributed by atoms with Gasteiger partial charge in [-0.3, -0.25) is 19.2 Å². The van der Waals surface area contributed by atoms with Crippen LogP contribution in [-0.4, -0.2) is 72.6 Å². The third-order valence-electron chi connectivity index (χ3n) is 7.10. The molecule has 3 aromatic rings. The van der Waals surface area contributed by atoms with Gasteiger partial charge >= 0.3 is 0 Å². The van der Waals surface area contributed by atoms with E-state index in [2.05, 4.69) is 20.6 Å². The summed E-state index contributed by atoms with van der Waals surface area (Å²) in [5.41, 5.74) is 2.85. The summed E-state index contributed by atoms with van der Waals surface area (Å²) in [7, 11) is 5.03. The van der Waals surface area contributed by atoms with E-state index in [0.29, 0.717) is 62.0 Å². The lowest BCUT2D eigenvalue weighted by molar-refractivity contribution is -0.124. The second-order valence-corrected chi connectivity index (χ2v) is 10.1. The van der Waals surface area contributed by atoms with Gasteiger partial charge in [-0.05, 0) is 36.2 Å². The predicted octanol–water partition coefficient (Wildman–Crippen LogP) is 1.83. The number of amides is 2. The summed E-state index contributed by atoms with van der Waals surface area (Å²) in [5, 5.41) is 10.3. The Balaban J connectivity index is 1.39. The maximum absolute atomic E-state index is 13.0. The van der Waals surface area contributed by atoms with Crippen LogP contribution in [0.2, 0.25) is 0 Å². The number of likely N-dealkylation sites (tertiary alicyclic amines) is 1. The van der Waals surface area contributed by atoms with E-state index in [1.165, 1.54) is 0 Å². The van der Waals surface area contributed by atoms with Gasteiger partial charge in [0.1, 0.15) is 17.6 Å². The van der Waals surface area contributed by atoms with Crippen LogP contribution in [0.25, 0.3) is 0 Å². The number of nitrogens with one attached hydrogen (secondary N) is 2. The number of aromatic nitrogens is 2. The van der Waals surface area contributed by atoms with E-state index in [4.69, 9.17) is 18.9 Å². The molecule has 2 aromatic carbocycles. The molecule has 2 N–H and O–H groups in total. The summed E-state index contributed by atoms with van der Waals surface area (Å²) in [6.45, 7) is 2.05. The van der Waals surface area contributed by atoms with Crippen molar-refractivity contribution in [1.29, 1.82) is 0 Å². The number of hydrogen-bond acceptors (Lipinski definition) is 8. The average molecular weight is 550 g/mol. The van der Waals surface area contributed by atoms with Crippen molar-refractivity contribution >= 4 is 11.8 Å². The fraction of sp³-hybridized carbons (Fsp3) is 0.414. The minimum atomic E-state index is -0.310. The van der Waals surface area contributed by atoms with Crippen molar-refractivity contribution in [2.24, 2.45) is 7.05 Å². The quantitative estimate of drug-likeness (QED) is 0.507. The SMILES string of the molecule is COc1cc2ccc1CNC(=O)CCc1ccc(c(OC)c1)OCC(=O)N[C@@H]1CN(Cc3cnn(C)c3)C[C@H]1O2. The van der Waals surface area contributed by atoms with Gasteiger partial charge < -0.3 is 29.6 Å². The molecule has 8 rings (SSSR count). The summed E-state index contributed by atoms with van der Waals surface area (Å²) < 4.78 is 25.1. The zero-order valence-corrected chi connectivity index (χ0v) is 23.0. The van der Waals surface area contributed by atoms with E-state index in [1.54, 1.807) is 25.0 Å². The van der Waals surface area contributed by atoms with E-state index in [0.717, 1.165) is 16.7 Å². The van der Waals surface area contributed by atoms with Crippen molar-refractivity contribution in [2.75, 3.05) is 33.9 Å². The molecule has 0 aliphatic carbocycles. The van der Waals surface area contributed by atoms with Crippen LogP contribution in [0.15, 0.2) is 48.8 Å². The Labute approximate surface area is 233 Å². The van der Waals surface area contributed by atoms with E-state index in [1.807, 2.05) is 49.8 Å². The normalized spacial score (nSPS) is 20.2. The Kier molecular flexibility index (Phi) is 8.40. The smallest absolute Gasteiger partial charge is 0.258 e. The first-order valence-electron chi connectivity index (χ1n) is 13.3. The van der Waals surface area contributed by atoms with Crippen LogP contribution in [0.4, 0.5) is 0 Å². The highest BCUT2D eigenvalue weighted by atomic mass is 16.5. The second-order valence-electron chi connectivity index (χ2n) is 10.1. The summed E-state index contributed by atoms with van der Waals surface area (Å²) in [5.74, 6) is 1.88. The molecule has 40 heavy (non-hydrogen) atoms. The Morgan fingerprint density at radius 1 is 1.02 bits per heavy atom. The third-order valence-corrected chi connectivity index (χ3v) is 7.10. The lowest BCUT2D eigenvalue weighted by atomic mass is 10.1. The highest BCUT2D eigenvalue weighted by Crippen LogP contribution is 2.30. The molecule has 6 heterocycles. The zero-order valence-electron chi connectivity index (χ0n) is 23.0. The first kappa shape index (κ1) is 27.3. The number of carbonyl (C=O) groups is 2. The highest BCUT2D eigenvalue weighted by molar-refractivity contribution is 5.78. The van der Waals surface area contributed by atoms with Crippen LogP contribution in [0, 0.1) is 0 Å². The van der Waals surface area contributed by atoms with E-state index in [-0.39, 0.29) is 30.6 Å². The molecule has 0 spiro atoms. The molecule has 0 saturated carbocycles. The van der Waals surface area contributed by atoms with Crippen molar-refractivity contribution in [3.8, 4) is 23.0 Å². The van der Waals surface area contributed by atoms with Gasteiger partial charge in [-0.1, -0.05) is 6.07 Å². The van der Waals surface area contributed by atoms with Crippen LogP contribution in [-0.2, 0) is 36.1 Å². The number of rotatable bonds is 4. The van der Waals surface area contributed by atoms with Gasteiger partial charge in [0.05, 0.1) is 26.5 Å². The molecule has 1 aromatic heterocycles. The van der Waals surface area contributed by atoms with Gasteiger partial charge in [0.25, 0.3) is 5.91 Å². The molecular formula is C29H35N5O6. The van der Waals surface area contributed by atoms with Crippen molar-refractivity contribution < 1.29 is 28.5 Å². The molecule has 4 bridgehead atoms. The standard InChI is InChI=1S/C29H35N5O6/c1-33-14-20(12-31-33)15-34-16-23-27(17-34)40-22-7-6-21(25(11-22)37-2)13-30-28(35)9-5-19-4-8-24(26(10-19)38-3)39-18-29(36)32-23/h4,6-8,10-12,14,23,27H,5,9,13,15-18H2,1-3H3,(H,30,35)(H,32,36)/t23-,27-/m1/s1. The topological polar surface area (TPSA) is 116 Å². The number of benzene rings is 2. The lowest BCUT2D eigenvalue weighted by Crippen LogP contribution is -2.46. The van der Waals surface area contributed by atoms with Gasteiger partial charge in [-0.15, -0.1) is 0 Å². The summed E-state index contributed by atoms with van der Waals surface area (Å²) in [6.07, 6.45) is 4.36. The van der Waals surface area contributed by atoms with Crippen LogP contribution >= 0.6 is 0 Å². The minimum Gasteiger partial charge on any atom is -0.496 e. The lowest BCUT2D eigenvalue weighted by Gasteiger charge is -2.22. The van der Waals surface area contributed by atoms with Gasteiger partial charge in [-0.2, -0.15) is 5.10 Å². The highest BCUT2D eigenvalue weighted by Gasteiger charge is 2.36. The average Bonchev–Trinajstić information content (AvgIpc) is 3.53. The Bertz CT molecular complexity index is 1360. The maximum atomic E-state index is 13.0. The number of hydrogen-bond donors (Lipinski definition) is 2. The molecule has 5 aliphatic heterocycles. The van der Waals surface area contributed by atoms with Crippen LogP contribution in [0.5, 0.6) is 23.0 Å². The molecule has 11 heteroatoms. The Morgan fingerprint density at radius 3 is 2.65 bits per heavy atom. The Morgan fingerprint density at radius 2 is 1.88 bits per heavy atom. The monoisotopic (exact) mass is 549 g/mol. The number of methoxy groups -OCH3 is 2. The van der Waals surface area contributed by atoms with Gasteiger partial charge in [0.2, 0.25) is 5.91 Å². The molecular weight excluding hydrogens is 514 g/mol. The molecule has 2 atom stereocenters. The molecule has 11 nitrogen and oxygen atoms in total. The van der Waals surface area contributed by atoms with Gasteiger partial charge in [-0.25, -0.2) is 0 Å². The van der Waals surface area contributed by atoms with E-state index >= 15 is 0 Å². The summed E-state index contributed by atoms with van der Waals surface area (Å²) in [4.78, 5) is 27.8. The molecule has 5 aliphatic rings. The predicted molar refractivity (Wildman–Crippen MR) is 146 cm³/mol. The van der Waals surface area contributed by atoms with E-state index in [9.17, 15) is 9.59 Å². The third kappa shape index (κ3) is 6.66. The molecule has 0 radical (unpaired) electrons. The summed E-state index contributed by atoms with van der Waals surface area (Å²) in [6, 6.07) is 10.8. The first-order chi connectivity index (χ1) is 19.4. The summed E-state index contributed by atoms with van der Waals surface area (Å²) >= 11 is 0.